The second kappa shape index (κ2) is 6.22. The van der Waals surface area contributed by atoms with Gasteiger partial charge in [0.1, 0.15) is 0 Å². The first-order valence-corrected chi connectivity index (χ1v) is 7.93. The summed E-state index contributed by atoms with van der Waals surface area (Å²) in [6.07, 6.45) is 5.37. The third-order valence-corrected chi connectivity index (χ3v) is 4.72. The highest BCUT2D eigenvalue weighted by atomic mass is 16.5. The zero-order valence-corrected chi connectivity index (χ0v) is 13.0. The quantitative estimate of drug-likeness (QED) is 0.835. The van der Waals surface area contributed by atoms with Crippen LogP contribution < -0.4 is 4.90 Å². The highest BCUT2D eigenvalue weighted by Gasteiger charge is 2.51. The van der Waals surface area contributed by atoms with Crippen molar-refractivity contribution in [1.29, 1.82) is 0 Å². The molecule has 23 heavy (non-hydrogen) atoms. The molecule has 0 N–H and O–H groups in total. The number of ether oxygens (including phenoxy) is 2. The molecule has 6 heteroatoms. The Labute approximate surface area is 135 Å². The molecule has 120 valence electrons. The maximum absolute atomic E-state index is 5.98. The number of fused-ring (bicyclic) bond motifs is 1. The van der Waals surface area contributed by atoms with Crippen molar-refractivity contribution in [1.82, 2.24) is 15.0 Å². The molecule has 4 rings (SSSR count). The van der Waals surface area contributed by atoms with Crippen LogP contribution in [0.5, 0.6) is 0 Å². The van der Waals surface area contributed by atoms with Crippen molar-refractivity contribution in [2.24, 2.45) is 11.3 Å². The summed E-state index contributed by atoms with van der Waals surface area (Å²) in [6, 6.07) is 7.72. The number of anilines is 1. The first-order valence-electron chi connectivity index (χ1n) is 7.93. The molecule has 0 aliphatic carbocycles. The van der Waals surface area contributed by atoms with Crippen LogP contribution in [0.2, 0.25) is 0 Å². The molecule has 2 aromatic rings. The molecule has 6 nitrogen and oxygen atoms in total. The van der Waals surface area contributed by atoms with Crippen molar-refractivity contribution in [3.05, 3.63) is 48.5 Å². The van der Waals surface area contributed by atoms with Gasteiger partial charge in [0.2, 0.25) is 5.95 Å². The maximum Gasteiger partial charge on any atom is 0.225 e. The standard InChI is InChI=1S/C17H20N4O2/c1-2-5-18-15(4-1)10-23-13-17-11-21(8-14(17)9-22-12-17)16-19-6-3-7-20-16/h1-7,14H,8-13H2/t14-,17+/m0/s1. The maximum atomic E-state index is 5.98. The van der Waals surface area contributed by atoms with Gasteiger partial charge >= 0.3 is 0 Å². The minimum Gasteiger partial charge on any atom is -0.380 e. The number of rotatable bonds is 5. The highest BCUT2D eigenvalue weighted by Crippen LogP contribution is 2.42. The van der Waals surface area contributed by atoms with E-state index in [-0.39, 0.29) is 5.41 Å². The molecule has 0 radical (unpaired) electrons. The second-order valence-corrected chi connectivity index (χ2v) is 6.32. The summed E-state index contributed by atoms with van der Waals surface area (Å²) in [7, 11) is 0. The second-order valence-electron chi connectivity index (χ2n) is 6.32. The Morgan fingerprint density at radius 3 is 2.87 bits per heavy atom. The van der Waals surface area contributed by atoms with Gasteiger partial charge in [0.05, 0.1) is 32.1 Å². The average Bonchev–Trinajstić information content (AvgIpc) is 3.14. The van der Waals surface area contributed by atoms with Crippen LogP contribution in [-0.2, 0) is 16.1 Å². The molecular weight excluding hydrogens is 292 g/mol. The van der Waals surface area contributed by atoms with Crippen LogP contribution in [0.3, 0.4) is 0 Å². The average molecular weight is 312 g/mol. The van der Waals surface area contributed by atoms with Gasteiger partial charge in [-0.25, -0.2) is 9.97 Å². The van der Waals surface area contributed by atoms with E-state index in [4.69, 9.17) is 9.47 Å². The minimum atomic E-state index is 0.0357. The molecule has 0 spiro atoms. The number of aromatic nitrogens is 3. The van der Waals surface area contributed by atoms with Crippen LogP contribution in [0, 0.1) is 11.3 Å². The van der Waals surface area contributed by atoms with Crippen LogP contribution in [0.15, 0.2) is 42.9 Å². The van der Waals surface area contributed by atoms with Gasteiger partial charge in [-0.05, 0) is 18.2 Å². The van der Waals surface area contributed by atoms with Crippen LogP contribution >= 0.6 is 0 Å². The fraction of sp³-hybridized carbons (Fsp3) is 0.471. The Kier molecular flexibility index (Phi) is 3.93. The van der Waals surface area contributed by atoms with Crippen molar-refractivity contribution in [2.75, 3.05) is 37.8 Å². The van der Waals surface area contributed by atoms with Crippen molar-refractivity contribution in [3.63, 3.8) is 0 Å². The normalized spacial score (nSPS) is 26.4. The molecule has 0 saturated carbocycles. The van der Waals surface area contributed by atoms with Gasteiger partial charge in [-0.2, -0.15) is 0 Å². The van der Waals surface area contributed by atoms with E-state index in [1.807, 2.05) is 24.3 Å². The highest BCUT2D eigenvalue weighted by molar-refractivity contribution is 5.33. The molecular formula is C17H20N4O2. The molecule has 0 aromatic carbocycles. The molecule has 4 heterocycles. The molecule has 2 aliphatic heterocycles. The lowest BCUT2D eigenvalue weighted by atomic mass is 9.82. The largest absolute Gasteiger partial charge is 0.380 e. The Balaban J connectivity index is 1.41. The lowest BCUT2D eigenvalue weighted by molar-refractivity contribution is 0.0250. The number of nitrogens with zero attached hydrogens (tertiary/aromatic N) is 4. The smallest absolute Gasteiger partial charge is 0.225 e. The predicted molar refractivity (Wildman–Crippen MR) is 84.9 cm³/mol. The summed E-state index contributed by atoms with van der Waals surface area (Å²) in [6.45, 7) is 4.55. The van der Waals surface area contributed by atoms with E-state index >= 15 is 0 Å². The first kappa shape index (κ1) is 14.5. The lowest BCUT2D eigenvalue weighted by Gasteiger charge is -2.26. The molecule has 0 amide bonds. The summed E-state index contributed by atoms with van der Waals surface area (Å²) in [5, 5.41) is 0. The SMILES string of the molecule is c1ccc(COC[C@@]23COC[C@@H]2CN(c2ncccn2)C3)nc1. The van der Waals surface area contributed by atoms with Gasteiger partial charge in [0.15, 0.2) is 0 Å². The zero-order valence-electron chi connectivity index (χ0n) is 13.0. The van der Waals surface area contributed by atoms with Gasteiger partial charge < -0.3 is 14.4 Å². The topological polar surface area (TPSA) is 60.4 Å². The van der Waals surface area contributed by atoms with Gasteiger partial charge in [0, 0.05) is 43.0 Å². The van der Waals surface area contributed by atoms with E-state index < -0.39 is 0 Å². The summed E-state index contributed by atoms with van der Waals surface area (Å²) in [5.74, 6) is 1.26. The van der Waals surface area contributed by atoms with E-state index in [9.17, 15) is 0 Å². The minimum absolute atomic E-state index is 0.0357. The third kappa shape index (κ3) is 2.92. The molecule has 0 unspecified atom stereocenters. The molecule has 2 aliphatic rings. The van der Waals surface area contributed by atoms with Crippen molar-refractivity contribution >= 4 is 5.95 Å². The third-order valence-electron chi connectivity index (χ3n) is 4.72. The Hall–Kier alpha value is -2.05. The first-order chi connectivity index (χ1) is 11.4. The number of hydrogen-bond acceptors (Lipinski definition) is 6. The van der Waals surface area contributed by atoms with Crippen LogP contribution in [0.25, 0.3) is 0 Å². The van der Waals surface area contributed by atoms with Crippen molar-refractivity contribution in [2.45, 2.75) is 6.61 Å². The molecule has 2 atom stereocenters. The number of pyridine rings is 1. The van der Waals surface area contributed by atoms with E-state index in [0.29, 0.717) is 19.1 Å². The van der Waals surface area contributed by atoms with Crippen LogP contribution in [-0.4, -0.2) is 47.9 Å². The van der Waals surface area contributed by atoms with Gasteiger partial charge in [-0.1, -0.05) is 6.07 Å². The van der Waals surface area contributed by atoms with Gasteiger partial charge in [-0.3, -0.25) is 4.98 Å². The number of hydrogen-bond donors (Lipinski definition) is 0. The fourth-order valence-corrected chi connectivity index (χ4v) is 3.49. The van der Waals surface area contributed by atoms with Gasteiger partial charge in [-0.15, -0.1) is 0 Å². The van der Waals surface area contributed by atoms with Crippen LogP contribution in [0.4, 0.5) is 5.95 Å². The molecule has 0 bridgehead atoms. The van der Waals surface area contributed by atoms with E-state index in [0.717, 1.165) is 37.9 Å². The summed E-state index contributed by atoms with van der Waals surface area (Å²) < 4.78 is 11.7. The summed E-state index contributed by atoms with van der Waals surface area (Å²) in [5.41, 5.74) is 0.995. The Morgan fingerprint density at radius 1 is 1.17 bits per heavy atom. The Bertz CT molecular complexity index is 640. The van der Waals surface area contributed by atoms with Crippen molar-refractivity contribution in [3.8, 4) is 0 Å². The zero-order chi connectivity index (χ0) is 15.5. The summed E-state index contributed by atoms with van der Waals surface area (Å²) in [4.78, 5) is 15.3. The van der Waals surface area contributed by atoms with Crippen LogP contribution in [0.1, 0.15) is 5.69 Å². The van der Waals surface area contributed by atoms with E-state index in [1.165, 1.54) is 0 Å². The van der Waals surface area contributed by atoms with Gasteiger partial charge in [0.25, 0.3) is 0 Å². The molecule has 2 saturated heterocycles. The Morgan fingerprint density at radius 2 is 2.04 bits per heavy atom. The molecule has 2 aromatic heterocycles. The lowest BCUT2D eigenvalue weighted by Crippen LogP contribution is -2.36. The van der Waals surface area contributed by atoms with E-state index in [1.54, 1.807) is 18.6 Å². The monoisotopic (exact) mass is 312 g/mol. The molecule has 2 fully saturated rings. The predicted octanol–water partition coefficient (Wildman–Crippen LogP) is 1.54. The fourth-order valence-electron chi connectivity index (χ4n) is 3.49. The van der Waals surface area contributed by atoms with E-state index in [2.05, 4.69) is 19.9 Å². The summed E-state index contributed by atoms with van der Waals surface area (Å²) >= 11 is 0. The van der Waals surface area contributed by atoms with Crippen molar-refractivity contribution < 1.29 is 9.47 Å².